The average Bonchev–Trinajstić information content (AvgIpc) is 3.16. The molecule has 1 aliphatic heterocycles. The van der Waals surface area contributed by atoms with Gasteiger partial charge >= 0.3 is 0 Å². The first kappa shape index (κ1) is 21.5. The average molecular weight is 443 g/mol. The molecule has 158 valence electrons. The Balaban J connectivity index is 1.61. The summed E-state index contributed by atoms with van der Waals surface area (Å²) < 4.78 is 61.2. The SMILES string of the molecule is O=C(NCCS(=O)(=O)N1CCOCC1)c1occc1CS(=O)(=O)c1ccccc1. The van der Waals surface area contributed by atoms with Gasteiger partial charge in [-0.2, -0.15) is 4.31 Å². The molecule has 29 heavy (non-hydrogen) atoms. The number of ether oxygens (including phenoxy) is 1. The predicted octanol–water partition coefficient (Wildman–Crippen LogP) is 0.645. The van der Waals surface area contributed by atoms with Crippen LogP contribution in [0.5, 0.6) is 0 Å². The Kier molecular flexibility index (Phi) is 6.73. The van der Waals surface area contributed by atoms with Crippen LogP contribution in [0.2, 0.25) is 0 Å². The lowest BCUT2D eigenvalue weighted by Crippen LogP contribution is -2.43. The summed E-state index contributed by atoms with van der Waals surface area (Å²) in [5, 5.41) is 2.48. The second-order valence-electron chi connectivity index (χ2n) is 6.43. The summed E-state index contributed by atoms with van der Waals surface area (Å²) in [5.41, 5.74) is 0.211. The number of hydrogen-bond acceptors (Lipinski definition) is 7. The monoisotopic (exact) mass is 442 g/mol. The lowest BCUT2D eigenvalue weighted by molar-refractivity contribution is 0.0730. The lowest BCUT2D eigenvalue weighted by atomic mass is 10.2. The number of carbonyl (C=O) groups excluding carboxylic acids is 1. The van der Waals surface area contributed by atoms with Crippen molar-refractivity contribution in [2.45, 2.75) is 10.6 Å². The van der Waals surface area contributed by atoms with Gasteiger partial charge in [0.15, 0.2) is 15.6 Å². The van der Waals surface area contributed by atoms with E-state index in [1.54, 1.807) is 18.2 Å². The van der Waals surface area contributed by atoms with E-state index in [2.05, 4.69) is 5.32 Å². The maximum absolute atomic E-state index is 12.5. The van der Waals surface area contributed by atoms with E-state index >= 15 is 0 Å². The molecule has 9 nitrogen and oxygen atoms in total. The van der Waals surface area contributed by atoms with Crippen molar-refractivity contribution in [1.29, 1.82) is 0 Å². The molecule has 11 heteroatoms. The molecular weight excluding hydrogens is 420 g/mol. The third-order valence-electron chi connectivity index (χ3n) is 4.41. The van der Waals surface area contributed by atoms with Crippen molar-refractivity contribution in [2.24, 2.45) is 0 Å². The van der Waals surface area contributed by atoms with Gasteiger partial charge < -0.3 is 14.5 Å². The first-order chi connectivity index (χ1) is 13.8. The highest BCUT2D eigenvalue weighted by Gasteiger charge is 2.25. The molecule has 0 saturated carbocycles. The van der Waals surface area contributed by atoms with Crippen molar-refractivity contribution in [2.75, 3.05) is 38.6 Å². The summed E-state index contributed by atoms with van der Waals surface area (Å²) in [6.45, 7) is 1.14. The molecule has 1 aliphatic rings. The van der Waals surface area contributed by atoms with E-state index in [4.69, 9.17) is 9.15 Å². The Morgan fingerprint density at radius 2 is 1.72 bits per heavy atom. The van der Waals surface area contributed by atoms with Gasteiger partial charge in [-0.15, -0.1) is 0 Å². The summed E-state index contributed by atoms with van der Waals surface area (Å²) in [7, 11) is -7.16. The van der Waals surface area contributed by atoms with Crippen molar-refractivity contribution >= 4 is 25.8 Å². The Hall–Kier alpha value is -2.21. The highest BCUT2D eigenvalue weighted by atomic mass is 32.2. The number of nitrogens with one attached hydrogen (secondary N) is 1. The zero-order chi connectivity index (χ0) is 20.9. The van der Waals surface area contributed by atoms with E-state index < -0.39 is 31.5 Å². The lowest BCUT2D eigenvalue weighted by Gasteiger charge is -2.25. The van der Waals surface area contributed by atoms with Gasteiger partial charge in [0.25, 0.3) is 5.91 Å². The Morgan fingerprint density at radius 1 is 1.03 bits per heavy atom. The minimum absolute atomic E-state index is 0.121. The number of carbonyl (C=O) groups is 1. The molecule has 1 saturated heterocycles. The van der Waals surface area contributed by atoms with Crippen LogP contribution in [-0.2, 0) is 30.4 Å². The standard InChI is InChI=1S/C18H22N2O7S2/c21-18(19-7-13-29(24,25)20-8-11-26-12-9-20)17-15(6-10-27-17)14-28(22,23)16-4-2-1-3-5-16/h1-6,10H,7-9,11-14H2,(H,19,21). The smallest absolute Gasteiger partial charge is 0.287 e. The van der Waals surface area contributed by atoms with Crippen LogP contribution >= 0.6 is 0 Å². The molecule has 1 amide bonds. The molecule has 0 aliphatic carbocycles. The van der Waals surface area contributed by atoms with Crippen molar-refractivity contribution < 1.29 is 30.8 Å². The highest BCUT2D eigenvalue weighted by molar-refractivity contribution is 7.90. The highest BCUT2D eigenvalue weighted by Crippen LogP contribution is 2.20. The first-order valence-corrected chi connectivity index (χ1v) is 12.2. The molecule has 0 bridgehead atoms. The van der Waals surface area contributed by atoms with Gasteiger partial charge in [0.2, 0.25) is 10.0 Å². The molecule has 0 radical (unpaired) electrons. The van der Waals surface area contributed by atoms with E-state index in [0.717, 1.165) is 0 Å². The topological polar surface area (TPSA) is 123 Å². The van der Waals surface area contributed by atoms with Crippen LogP contribution in [0.4, 0.5) is 0 Å². The fourth-order valence-corrected chi connectivity index (χ4v) is 5.59. The van der Waals surface area contributed by atoms with Crippen LogP contribution in [0.25, 0.3) is 0 Å². The minimum atomic E-state index is -3.65. The molecule has 0 unspecified atom stereocenters. The number of sulfone groups is 1. The van der Waals surface area contributed by atoms with Gasteiger partial charge in [0, 0.05) is 25.2 Å². The molecule has 2 aromatic rings. The third-order valence-corrected chi connectivity index (χ3v) is 7.96. The van der Waals surface area contributed by atoms with E-state index in [-0.39, 0.29) is 41.6 Å². The van der Waals surface area contributed by atoms with Crippen LogP contribution in [0.1, 0.15) is 16.1 Å². The number of benzene rings is 1. The molecule has 0 spiro atoms. The van der Waals surface area contributed by atoms with E-state index in [1.807, 2.05) is 0 Å². The molecule has 3 rings (SSSR count). The fourth-order valence-electron chi connectivity index (χ4n) is 2.89. The third kappa shape index (κ3) is 5.44. The summed E-state index contributed by atoms with van der Waals surface area (Å²) in [5.74, 6) is -1.47. The zero-order valence-corrected chi connectivity index (χ0v) is 17.2. The Labute approximate surface area is 169 Å². The second-order valence-corrected chi connectivity index (χ2v) is 10.5. The quantitative estimate of drug-likeness (QED) is 0.636. The number of sulfonamides is 1. The number of morpholine rings is 1. The Morgan fingerprint density at radius 3 is 2.41 bits per heavy atom. The molecule has 2 heterocycles. The number of hydrogen-bond donors (Lipinski definition) is 1. The second kappa shape index (κ2) is 9.08. The maximum atomic E-state index is 12.5. The number of amides is 1. The van der Waals surface area contributed by atoms with Crippen LogP contribution in [-0.4, -0.2) is 65.6 Å². The molecule has 1 fully saturated rings. The predicted molar refractivity (Wildman–Crippen MR) is 105 cm³/mol. The summed E-state index contributed by atoms with van der Waals surface area (Å²) >= 11 is 0. The minimum Gasteiger partial charge on any atom is -0.459 e. The van der Waals surface area contributed by atoms with E-state index in [1.165, 1.54) is 28.8 Å². The zero-order valence-electron chi connectivity index (χ0n) is 15.6. The van der Waals surface area contributed by atoms with Crippen molar-refractivity contribution in [3.05, 3.63) is 54.0 Å². The first-order valence-electron chi connectivity index (χ1n) is 8.97. The van der Waals surface area contributed by atoms with Gasteiger partial charge in [0.1, 0.15) is 0 Å². The van der Waals surface area contributed by atoms with Crippen molar-refractivity contribution in [3.63, 3.8) is 0 Å². The fraction of sp³-hybridized carbons (Fsp3) is 0.389. The normalized spacial score (nSPS) is 15.9. The van der Waals surface area contributed by atoms with Gasteiger partial charge in [-0.3, -0.25) is 4.79 Å². The molecule has 0 atom stereocenters. The van der Waals surface area contributed by atoms with E-state index in [0.29, 0.717) is 13.2 Å². The van der Waals surface area contributed by atoms with Gasteiger partial charge in [-0.25, -0.2) is 16.8 Å². The summed E-state index contributed by atoms with van der Waals surface area (Å²) in [4.78, 5) is 12.5. The molecule has 1 aromatic heterocycles. The largest absolute Gasteiger partial charge is 0.459 e. The molecule has 1 N–H and O–H groups in total. The summed E-state index contributed by atoms with van der Waals surface area (Å²) in [6, 6.07) is 9.31. The van der Waals surface area contributed by atoms with Gasteiger partial charge in [0.05, 0.1) is 35.9 Å². The van der Waals surface area contributed by atoms with Crippen LogP contribution in [0, 0.1) is 0 Å². The summed E-state index contributed by atoms with van der Waals surface area (Å²) in [6.07, 6.45) is 1.23. The van der Waals surface area contributed by atoms with Crippen molar-refractivity contribution in [3.8, 4) is 0 Å². The Bertz CT molecular complexity index is 1040. The number of furan rings is 1. The number of rotatable bonds is 8. The van der Waals surface area contributed by atoms with Gasteiger partial charge in [-0.05, 0) is 18.2 Å². The van der Waals surface area contributed by atoms with E-state index in [9.17, 15) is 21.6 Å². The maximum Gasteiger partial charge on any atom is 0.287 e. The van der Waals surface area contributed by atoms with Crippen LogP contribution < -0.4 is 5.32 Å². The van der Waals surface area contributed by atoms with Gasteiger partial charge in [-0.1, -0.05) is 18.2 Å². The van der Waals surface area contributed by atoms with Crippen LogP contribution in [0.3, 0.4) is 0 Å². The molecule has 1 aromatic carbocycles. The van der Waals surface area contributed by atoms with Crippen molar-refractivity contribution in [1.82, 2.24) is 9.62 Å². The van der Waals surface area contributed by atoms with Crippen LogP contribution in [0.15, 0.2) is 52.0 Å². The number of nitrogens with zero attached hydrogens (tertiary/aromatic N) is 1. The molecular formula is C18H22N2O7S2.